The maximum Gasteiger partial charge on any atom is 1.00 e. The number of carbonyl (C=O) groups excluding carboxylic acids is 1. The van der Waals surface area contributed by atoms with Crippen molar-refractivity contribution in [2.24, 2.45) is 0 Å². The van der Waals surface area contributed by atoms with Crippen LogP contribution < -0.4 is 29.6 Å². The Balaban J connectivity index is 0.00000169. The Morgan fingerprint density at radius 3 is 2.50 bits per heavy atom. The second-order valence-electron chi connectivity index (χ2n) is 2.52. The number of carbonyl (C=O) groups is 1. The molecule has 0 atom stereocenters. The first-order valence-electron chi connectivity index (χ1n) is 3.50. The molecule has 0 bridgehead atoms. The molecule has 0 spiro atoms. The summed E-state index contributed by atoms with van der Waals surface area (Å²) in [6.45, 7) is 1.36. The molecule has 0 heterocycles. The van der Waals surface area contributed by atoms with E-state index in [0.717, 1.165) is 0 Å². The van der Waals surface area contributed by atoms with Crippen molar-refractivity contribution in [1.29, 1.82) is 0 Å². The number of hydrogen-bond donors (Lipinski definition) is 1. The molecule has 0 fully saturated rings. The standard InChI is InChI=1S/C8H7NO3S.Na/c1-5(10)6-2-3-8(13)7(4-6)9(11)12;/h2-4,13H,1H3;/q;+1. The SMILES string of the molecule is CC(=O)c1ccc(S)c([N+](=O)[O-])c1.[Na+]. The van der Waals surface area contributed by atoms with E-state index in [-0.39, 0.29) is 45.9 Å². The van der Waals surface area contributed by atoms with Gasteiger partial charge in [0.05, 0.1) is 9.82 Å². The van der Waals surface area contributed by atoms with Gasteiger partial charge in [-0.25, -0.2) is 0 Å². The molecule has 0 radical (unpaired) electrons. The topological polar surface area (TPSA) is 60.2 Å². The Bertz CT molecular complexity index is 381. The molecule has 1 aromatic rings. The van der Waals surface area contributed by atoms with E-state index in [2.05, 4.69) is 12.6 Å². The zero-order valence-corrected chi connectivity index (χ0v) is 10.7. The predicted molar refractivity (Wildman–Crippen MR) is 50.4 cm³/mol. The summed E-state index contributed by atoms with van der Waals surface area (Å²) in [6.07, 6.45) is 0. The molecule has 0 aliphatic carbocycles. The van der Waals surface area contributed by atoms with Gasteiger partial charge in [0.25, 0.3) is 5.69 Å². The minimum Gasteiger partial charge on any atom is -0.295 e. The Morgan fingerprint density at radius 1 is 1.50 bits per heavy atom. The van der Waals surface area contributed by atoms with Gasteiger partial charge in [0, 0.05) is 11.6 Å². The normalized spacial score (nSPS) is 9.00. The molecule has 0 N–H and O–H groups in total. The monoisotopic (exact) mass is 220 g/mol. The molecule has 6 heteroatoms. The van der Waals surface area contributed by atoms with E-state index in [0.29, 0.717) is 5.56 Å². The summed E-state index contributed by atoms with van der Waals surface area (Å²) in [5, 5.41) is 10.4. The van der Waals surface area contributed by atoms with Crippen LogP contribution in [0.2, 0.25) is 0 Å². The van der Waals surface area contributed by atoms with Crippen LogP contribution in [0.1, 0.15) is 17.3 Å². The number of nitro groups is 1. The largest absolute Gasteiger partial charge is 1.00 e. The van der Waals surface area contributed by atoms with E-state index in [4.69, 9.17) is 0 Å². The minimum absolute atomic E-state index is 0. The summed E-state index contributed by atoms with van der Waals surface area (Å²) in [6, 6.07) is 4.18. The van der Waals surface area contributed by atoms with Crippen LogP contribution in [0.25, 0.3) is 0 Å². The van der Waals surface area contributed by atoms with E-state index < -0.39 is 4.92 Å². The first-order valence-corrected chi connectivity index (χ1v) is 3.95. The molecule has 0 aliphatic heterocycles. The van der Waals surface area contributed by atoms with Crippen molar-refractivity contribution in [2.75, 3.05) is 0 Å². The van der Waals surface area contributed by atoms with Crippen molar-refractivity contribution in [3.8, 4) is 0 Å². The number of rotatable bonds is 2. The fourth-order valence-electron chi connectivity index (χ4n) is 0.889. The van der Waals surface area contributed by atoms with Crippen LogP contribution in [0.5, 0.6) is 0 Å². The van der Waals surface area contributed by atoms with E-state index in [1.165, 1.54) is 25.1 Å². The average Bonchev–Trinajstić information content (AvgIpc) is 2.04. The zero-order chi connectivity index (χ0) is 10.0. The average molecular weight is 220 g/mol. The molecule has 0 amide bonds. The molecule has 4 nitrogen and oxygen atoms in total. The maximum atomic E-state index is 10.9. The number of nitrogens with zero attached hydrogens (tertiary/aromatic N) is 1. The van der Waals surface area contributed by atoms with Crippen molar-refractivity contribution in [3.05, 3.63) is 33.9 Å². The van der Waals surface area contributed by atoms with Crippen LogP contribution in [-0.2, 0) is 0 Å². The Morgan fingerprint density at radius 2 is 2.07 bits per heavy atom. The fraction of sp³-hybridized carbons (Fsp3) is 0.125. The summed E-state index contributed by atoms with van der Waals surface area (Å²) in [5.74, 6) is -0.198. The van der Waals surface area contributed by atoms with Gasteiger partial charge in [-0.1, -0.05) is 0 Å². The van der Waals surface area contributed by atoms with Gasteiger partial charge in [0.2, 0.25) is 0 Å². The maximum absolute atomic E-state index is 10.9. The molecule has 0 unspecified atom stereocenters. The molecule has 14 heavy (non-hydrogen) atoms. The molecule has 0 aromatic heterocycles. The minimum atomic E-state index is -0.561. The number of nitro benzene ring substituents is 1. The van der Waals surface area contributed by atoms with Gasteiger partial charge in [0.15, 0.2) is 5.78 Å². The van der Waals surface area contributed by atoms with Crippen LogP contribution >= 0.6 is 12.6 Å². The van der Waals surface area contributed by atoms with Crippen molar-refractivity contribution >= 4 is 24.1 Å². The molecular formula is C8H7NNaO3S+. The number of ketones is 1. The third kappa shape index (κ3) is 3.09. The third-order valence-electron chi connectivity index (χ3n) is 1.58. The predicted octanol–water partition coefficient (Wildman–Crippen LogP) is -0.910. The van der Waals surface area contributed by atoms with Crippen LogP contribution in [0.3, 0.4) is 0 Å². The van der Waals surface area contributed by atoms with E-state index in [1.54, 1.807) is 0 Å². The molecule has 1 aromatic carbocycles. The fourth-order valence-corrected chi connectivity index (χ4v) is 1.11. The molecule has 0 saturated heterocycles. The summed E-state index contributed by atoms with van der Waals surface area (Å²) in [5.41, 5.74) is 0.181. The number of Topliss-reactive ketones (excluding diaryl/α,β-unsaturated/α-hetero) is 1. The number of benzene rings is 1. The number of hydrogen-bond acceptors (Lipinski definition) is 4. The molecule has 0 saturated carbocycles. The Labute approximate surface area is 109 Å². The van der Waals surface area contributed by atoms with Gasteiger partial charge >= 0.3 is 29.6 Å². The van der Waals surface area contributed by atoms with Gasteiger partial charge < -0.3 is 0 Å². The van der Waals surface area contributed by atoms with Crippen LogP contribution in [0.15, 0.2) is 23.1 Å². The van der Waals surface area contributed by atoms with Crippen LogP contribution in [0, 0.1) is 10.1 Å². The van der Waals surface area contributed by atoms with Gasteiger partial charge in [0.1, 0.15) is 0 Å². The van der Waals surface area contributed by atoms with Crippen LogP contribution in [0.4, 0.5) is 5.69 Å². The molecule has 68 valence electrons. The molecular weight excluding hydrogens is 213 g/mol. The van der Waals surface area contributed by atoms with Gasteiger partial charge in [-0.2, -0.15) is 0 Å². The zero-order valence-electron chi connectivity index (χ0n) is 7.85. The van der Waals surface area contributed by atoms with E-state index >= 15 is 0 Å². The summed E-state index contributed by atoms with van der Waals surface area (Å²) in [7, 11) is 0. The van der Waals surface area contributed by atoms with E-state index in [9.17, 15) is 14.9 Å². The van der Waals surface area contributed by atoms with Crippen molar-refractivity contribution in [1.82, 2.24) is 0 Å². The van der Waals surface area contributed by atoms with Gasteiger partial charge in [-0.3, -0.25) is 14.9 Å². The second kappa shape index (κ2) is 5.50. The van der Waals surface area contributed by atoms with Crippen LogP contribution in [-0.4, -0.2) is 10.7 Å². The van der Waals surface area contributed by atoms with Crippen molar-refractivity contribution in [3.63, 3.8) is 0 Å². The third-order valence-corrected chi connectivity index (χ3v) is 1.96. The molecule has 0 aliphatic rings. The Kier molecular flexibility index (Phi) is 5.36. The smallest absolute Gasteiger partial charge is 0.295 e. The van der Waals surface area contributed by atoms with Gasteiger partial charge in [-0.15, -0.1) is 12.6 Å². The van der Waals surface area contributed by atoms with Gasteiger partial charge in [-0.05, 0) is 19.1 Å². The summed E-state index contributed by atoms with van der Waals surface area (Å²) < 4.78 is 0. The second-order valence-corrected chi connectivity index (χ2v) is 3.00. The summed E-state index contributed by atoms with van der Waals surface area (Å²) >= 11 is 3.90. The van der Waals surface area contributed by atoms with Crippen molar-refractivity contribution in [2.45, 2.75) is 11.8 Å². The van der Waals surface area contributed by atoms with Crippen molar-refractivity contribution < 1.29 is 39.3 Å². The quantitative estimate of drug-likeness (QED) is 0.231. The van der Waals surface area contributed by atoms with E-state index in [1.807, 2.05) is 0 Å². The number of thiol groups is 1. The molecule has 1 rings (SSSR count). The Hall–Kier alpha value is -0.360. The first-order chi connectivity index (χ1) is 6.02. The first kappa shape index (κ1) is 13.6. The summed E-state index contributed by atoms with van der Waals surface area (Å²) in [4.78, 5) is 21.0.